The molecule has 0 bridgehead atoms. The van der Waals surface area contributed by atoms with E-state index in [-0.39, 0.29) is 130 Å². The zero-order chi connectivity index (χ0) is 64.2. The van der Waals surface area contributed by atoms with E-state index in [4.69, 9.17) is 36.6 Å². The minimum atomic E-state index is -1.74. The molecular formula is C54H88F4N10O17S3. The van der Waals surface area contributed by atoms with Crippen LogP contribution in [0.5, 0.6) is 5.75 Å². The van der Waals surface area contributed by atoms with E-state index in [0.717, 1.165) is 62.2 Å². The number of nitrogens with two attached hydrogens (primary N) is 2. The number of urea groups is 3. The van der Waals surface area contributed by atoms with Crippen LogP contribution in [0.1, 0.15) is 106 Å². The molecule has 16 N–H and O–H groups in total. The van der Waals surface area contributed by atoms with Crippen molar-refractivity contribution in [2.45, 2.75) is 182 Å². The average molecular weight is 1320 g/mol. The van der Waals surface area contributed by atoms with Crippen LogP contribution in [0.4, 0.5) is 31.9 Å². The Morgan fingerprint density at radius 2 is 0.932 bits per heavy atom. The molecule has 8 amide bonds. The van der Waals surface area contributed by atoms with Crippen LogP contribution >= 0.6 is 35.3 Å². The summed E-state index contributed by atoms with van der Waals surface area (Å²) in [5.41, 5.74) is 9.77. The van der Waals surface area contributed by atoms with Crippen LogP contribution in [0.3, 0.4) is 0 Å². The SMILES string of the molecule is C.C.CC(=O)C(CO)NC(=O)CCCCC1SCC2NC(=O)NC21.COCC(N)C(=O)O.COCC(NC(=O)CCCCC1SCC2NC(=O)NC21)C(C)=O.NC(CO)C(=O)O.O=C1NC2CSC(CCCCC(=O)Oc3c(F)c(F)cc(F)c3F)C2N1. The van der Waals surface area contributed by atoms with Crippen LogP contribution in [0.2, 0.25) is 0 Å². The Labute approximate surface area is 521 Å². The van der Waals surface area contributed by atoms with E-state index in [1.165, 1.54) is 28.1 Å². The number of hydrogen-bond donors (Lipinski definition) is 14. The van der Waals surface area contributed by atoms with Crippen molar-refractivity contribution < 1.29 is 100 Å². The Morgan fingerprint density at radius 1 is 0.568 bits per heavy atom. The molecular weight excluding hydrogens is 1230 g/mol. The number of methoxy groups -OCH3 is 2. The van der Waals surface area contributed by atoms with E-state index >= 15 is 0 Å². The Kier molecular flexibility index (Phi) is 37.9. The topological polar surface area (TPSA) is 428 Å². The van der Waals surface area contributed by atoms with E-state index in [1.54, 1.807) is 11.8 Å². The van der Waals surface area contributed by atoms with E-state index in [1.807, 2.05) is 23.5 Å². The first-order valence-electron chi connectivity index (χ1n) is 27.6. The number of fused-ring (bicyclic) bond motifs is 3. The predicted molar refractivity (Wildman–Crippen MR) is 322 cm³/mol. The highest BCUT2D eigenvalue weighted by molar-refractivity contribution is 8.00. The molecule has 7 rings (SSSR count). The maximum absolute atomic E-state index is 13.4. The van der Waals surface area contributed by atoms with Crippen molar-refractivity contribution in [1.82, 2.24) is 42.5 Å². The standard InChI is InChI=1S/C16H16F4N2O3S.C15H25N3O4S.C14H23N3O4S.C4H9NO3.C3H7NO3.2CH4/c17-7-5-8(18)13(20)15(12(7)19)25-11(23)4-2-1-3-10-14-9(6-26-10)21-16(24)22-14;1-9(19)10(7-22-2)16-13(20)6-4-3-5-12-14-11(8-23-12)17-15(21)18-14;1-8(19)9(6-18)15-12(20)5-3-2-4-11-13-10(7-22-11)16-14(21)17-13;1-8-2-3(5)4(6)7;4-2(1-5)3(6)7;;/h5,9-10,14H,1-4,6H2,(H2,21,22,24);10-12,14H,3-8H2,1-2H3,(H,16,20)(H2,17,18,21);9-11,13,18H,2-7H2,1H3,(H,15,20)(H2,16,17,21);3H,2,5H2,1H3,(H,6,7);2,5H,1,4H2,(H,6,7);2*1H4. The molecule has 88 heavy (non-hydrogen) atoms. The molecule has 27 nitrogen and oxygen atoms in total. The normalized spacial score (nSPS) is 23.4. The predicted octanol–water partition coefficient (Wildman–Crippen LogP) is 1.79. The van der Waals surface area contributed by atoms with Gasteiger partial charge in [0.2, 0.25) is 29.2 Å². The van der Waals surface area contributed by atoms with Crippen molar-refractivity contribution in [2.24, 2.45) is 11.5 Å². The molecule has 6 aliphatic rings. The molecule has 6 heterocycles. The number of unbranched alkanes of at least 4 members (excludes halogenated alkanes) is 3. The largest absolute Gasteiger partial charge is 0.480 e. The van der Waals surface area contributed by atoms with Crippen molar-refractivity contribution in [1.29, 1.82) is 0 Å². The van der Waals surface area contributed by atoms with E-state index in [2.05, 4.69) is 52.0 Å². The first kappa shape index (κ1) is 80.3. The van der Waals surface area contributed by atoms with E-state index in [9.17, 15) is 65.5 Å². The highest BCUT2D eigenvalue weighted by Crippen LogP contribution is 2.36. The molecule has 6 saturated heterocycles. The number of carboxylic acid groups (broad SMARTS) is 2. The summed E-state index contributed by atoms with van der Waals surface area (Å²) >= 11 is 5.46. The molecule has 6 fully saturated rings. The number of thioether (sulfide) groups is 3. The number of ketones is 2. The van der Waals surface area contributed by atoms with Crippen LogP contribution in [-0.4, -0.2) is 214 Å². The van der Waals surface area contributed by atoms with E-state index < -0.39 is 77.7 Å². The molecule has 0 radical (unpaired) electrons. The van der Waals surface area contributed by atoms with Gasteiger partial charge in [-0.05, 0) is 52.4 Å². The van der Waals surface area contributed by atoms with Gasteiger partial charge in [-0.2, -0.15) is 44.1 Å². The summed E-state index contributed by atoms with van der Waals surface area (Å²) < 4.78 is 66.9. The number of hydrogen-bond acceptors (Lipinski definition) is 20. The number of aliphatic carboxylic acids is 2. The van der Waals surface area contributed by atoms with Gasteiger partial charge >= 0.3 is 36.0 Å². The number of aliphatic hydroxyl groups is 2. The zero-order valence-corrected chi connectivity index (χ0v) is 50.5. The number of amides is 8. The van der Waals surface area contributed by atoms with Crippen molar-refractivity contribution >= 4 is 94.7 Å². The highest BCUT2D eigenvalue weighted by Gasteiger charge is 2.45. The van der Waals surface area contributed by atoms with Gasteiger partial charge in [-0.15, -0.1) is 0 Å². The summed E-state index contributed by atoms with van der Waals surface area (Å²) in [7, 11) is 2.91. The number of aliphatic hydroxyl groups excluding tert-OH is 2. The van der Waals surface area contributed by atoms with Gasteiger partial charge in [0, 0.05) is 72.6 Å². The molecule has 1 aromatic rings. The summed E-state index contributed by atoms with van der Waals surface area (Å²) in [6.45, 7) is 2.19. The number of esters is 1. The highest BCUT2D eigenvalue weighted by atomic mass is 32.2. The van der Waals surface area contributed by atoms with Gasteiger partial charge in [0.1, 0.15) is 24.2 Å². The molecule has 0 saturated carbocycles. The Morgan fingerprint density at radius 3 is 1.24 bits per heavy atom. The molecule has 34 heteroatoms. The number of Topliss-reactive ketones (excluding diaryl/α,β-unsaturated/α-hetero) is 2. The Hall–Kier alpha value is -5.75. The van der Waals surface area contributed by atoms with Crippen molar-refractivity contribution in [3.63, 3.8) is 0 Å². The van der Waals surface area contributed by atoms with Gasteiger partial charge in [-0.3, -0.25) is 33.6 Å². The smallest absolute Gasteiger partial charge is 0.322 e. The third kappa shape index (κ3) is 27.2. The first-order valence-corrected chi connectivity index (χ1v) is 30.7. The maximum Gasteiger partial charge on any atom is 0.322 e. The van der Waals surface area contributed by atoms with Crippen molar-refractivity contribution in [2.75, 3.05) is 57.9 Å². The van der Waals surface area contributed by atoms with Gasteiger partial charge in [-0.1, -0.05) is 34.1 Å². The number of rotatable bonds is 28. The molecule has 0 aliphatic carbocycles. The number of carboxylic acids is 2. The molecule has 6 aliphatic heterocycles. The van der Waals surface area contributed by atoms with Gasteiger partial charge in [0.25, 0.3) is 0 Å². The van der Waals surface area contributed by atoms with Crippen molar-refractivity contribution in [3.8, 4) is 5.75 Å². The summed E-state index contributed by atoms with van der Waals surface area (Å²) in [6, 6.07) is -2.61. The van der Waals surface area contributed by atoms with Crippen LogP contribution in [0, 0.1) is 23.3 Å². The third-order valence-electron chi connectivity index (χ3n) is 13.9. The molecule has 0 spiro atoms. The van der Waals surface area contributed by atoms with Crippen molar-refractivity contribution in [3.05, 3.63) is 29.3 Å². The summed E-state index contributed by atoms with van der Waals surface area (Å²) in [4.78, 5) is 111. The fourth-order valence-electron chi connectivity index (χ4n) is 9.18. The van der Waals surface area contributed by atoms with Gasteiger partial charge in [0.15, 0.2) is 23.2 Å². The maximum atomic E-state index is 13.4. The lowest BCUT2D eigenvalue weighted by Gasteiger charge is -2.17. The Bertz CT molecular complexity index is 2450. The second-order valence-electron chi connectivity index (χ2n) is 20.5. The van der Waals surface area contributed by atoms with Gasteiger partial charge in [-0.25, -0.2) is 23.2 Å². The minimum Gasteiger partial charge on any atom is -0.480 e. The molecule has 502 valence electrons. The second kappa shape index (κ2) is 41.5. The van der Waals surface area contributed by atoms with Crippen LogP contribution in [0.15, 0.2) is 6.07 Å². The molecule has 0 aromatic heterocycles. The first-order chi connectivity index (χ1) is 40.7. The second-order valence-corrected chi connectivity index (χ2v) is 24.3. The summed E-state index contributed by atoms with van der Waals surface area (Å²) in [6.07, 6.45) is 7.65. The third-order valence-corrected chi connectivity index (χ3v) is 18.4. The van der Waals surface area contributed by atoms with Crippen LogP contribution < -0.4 is 58.7 Å². The number of halogens is 4. The lowest BCUT2D eigenvalue weighted by molar-refractivity contribution is -0.140. The quantitative estimate of drug-likeness (QED) is 0.0142. The average Bonchev–Trinajstić information content (AvgIpc) is 4.36. The fourth-order valence-corrected chi connectivity index (χ4v) is 13.8. The lowest BCUT2D eigenvalue weighted by Crippen LogP contribution is -2.42. The number of benzene rings is 1. The number of ether oxygens (including phenoxy) is 3. The molecule has 13 unspecified atom stereocenters. The van der Waals surface area contributed by atoms with E-state index in [0.29, 0.717) is 36.2 Å². The number of carbonyl (C=O) groups is 10. The summed E-state index contributed by atoms with van der Waals surface area (Å²) in [5, 5.41) is 56.7. The van der Waals surface area contributed by atoms with Gasteiger partial charge in [0.05, 0.1) is 62.7 Å². The van der Waals surface area contributed by atoms with Crippen LogP contribution in [-0.2, 0) is 43.0 Å². The van der Waals surface area contributed by atoms with Gasteiger partial charge < -0.3 is 88.6 Å². The lowest BCUT2D eigenvalue weighted by atomic mass is 10.0. The monoisotopic (exact) mass is 1320 g/mol. The molecule has 1 aromatic carbocycles. The number of carbonyl (C=O) groups excluding carboxylic acids is 8. The fraction of sp³-hybridized carbons (Fsp3) is 0.704. The Balaban J connectivity index is 0.000000586. The minimum absolute atomic E-state index is 0. The number of nitrogens with one attached hydrogen (secondary N) is 8. The summed E-state index contributed by atoms with van der Waals surface area (Å²) in [5.74, 6) is -9.25. The zero-order valence-electron chi connectivity index (χ0n) is 48.0. The molecule has 13 atom stereocenters. The van der Waals surface area contributed by atoms with Crippen LogP contribution in [0.25, 0.3) is 0 Å².